The van der Waals surface area contributed by atoms with Crippen LogP contribution in [-0.2, 0) is 4.74 Å². The van der Waals surface area contributed by atoms with E-state index in [1.807, 2.05) is 6.92 Å². The second kappa shape index (κ2) is 4.13. The van der Waals surface area contributed by atoms with Crippen LogP contribution < -0.4 is 11.1 Å². The number of rotatable bonds is 2. The quantitative estimate of drug-likeness (QED) is 0.673. The Labute approximate surface area is 93.5 Å². The number of nitrogens with one attached hydrogen (secondary N) is 2. The van der Waals surface area contributed by atoms with Crippen LogP contribution in [0.15, 0.2) is 6.07 Å². The maximum atomic E-state index is 11.9. The second-order valence-corrected chi connectivity index (χ2v) is 4.33. The number of amides is 1. The number of aromatic nitrogens is 2. The highest BCUT2D eigenvalue weighted by Gasteiger charge is 2.29. The molecule has 88 valence electrons. The zero-order valence-electron chi connectivity index (χ0n) is 9.25. The minimum atomic E-state index is -0.199. The summed E-state index contributed by atoms with van der Waals surface area (Å²) in [6, 6.07) is 1.53. The topological polar surface area (TPSA) is 93.0 Å². The second-order valence-electron chi connectivity index (χ2n) is 4.33. The number of hydrogen-bond acceptors (Lipinski definition) is 4. The first kappa shape index (κ1) is 10.9. The number of aromatic amines is 1. The molecule has 0 aliphatic carbocycles. The molecule has 0 spiro atoms. The summed E-state index contributed by atoms with van der Waals surface area (Å²) in [7, 11) is 0. The van der Waals surface area contributed by atoms with Crippen LogP contribution in [0.25, 0.3) is 0 Å². The lowest BCUT2D eigenvalue weighted by Crippen LogP contribution is -2.49. The molecule has 1 amide bonds. The maximum Gasteiger partial charge on any atom is 0.269 e. The summed E-state index contributed by atoms with van der Waals surface area (Å²) < 4.78 is 5.26. The standard InChI is InChI=1S/C10H16N4O2/c1-10(2-4-16-5-3-10)12-9(15)7-6-8(11)14-13-7/h6H,2-5H2,1H3,(H,12,15)(H3,11,13,14). The fraction of sp³-hybridized carbons (Fsp3) is 0.600. The first-order valence-corrected chi connectivity index (χ1v) is 5.30. The SMILES string of the molecule is CC1(NC(=O)c2cc(N)n[nH]2)CCOCC1. The van der Waals surface area contributed by atoms with Gasteiger partial charge in [-0.3, -0.25) is 9.89 Å². The minimum Gasteiger partial charge on any atom is -0.382 e. The van der Waals surface area contributed by atoms with Crippen LogP contribution >= 0.6 is 0 Å². The summed E-state index contributed by atoms with van der Waals surface area (Å²) in [5.74, 6) is 0.149. The van der Waals surface area contributed by atoms with E-state index < -0.39 is 0 Å². The van der Waals surface area contributed by atoms with Crippen LogP contribution in [0.5, 0.6) is 0 Å². The van der Waals surface area contributed by atoms with Gasteiger partial charge in [-0.15, -0.1) is 0 Å². The zero-order valence-corrected chi connectivity index (χ0v) is 9.25. The summed E-state index contributed by atoms with van der Waals surface area (Å²) in [5, 5.41) is 9.29. The van der Waals surface area contributed by atoms with E-state index in [4.69, 9.17) is 10.5 Å². The fourth-order valence-electron chi connectivity index (χ4n) is 1.74. The van der Waals surface area contributed by atoms with E-state index in [0.717, 1.165) is 12.8 Å². The van der Waals surface area contributed by atoms with E-state index in [1.165, 1.54) is 6.07 Å². The first-order chi connectivity index (χ1) is 7.59. The van der Waals surface area contributed by atoms with Gasteiger partial charge in [0.05, 0.1) is 0 Å². The first-order valence-electron chi connectivity index (χ1n) is 5.30. The van der Waals surface area contributed by atoms with Crippen LogP contribution in [0.4, 0.5) is 5.82 Å². The molecule has 0 unspecified atom stereocenters. The molecule has 1 aromatic heterocycles. The van der Waals surface area contributed by atoms with Gasteiger partial charge < -0.3 is 15.8 Å². The molecule has 16 heavy (non-hydrogen) atoms. The van der Waals surface area contributed by atoms with E-state index in [9.17, 15) is 4.79 Å². The number of anilines is 1. The van der Waals surface area contributed by atoms with E-state index in [-0.39, 0.29) is 11.4 Å². The van der Waals surface area contributed by atoms with Crippen LogP contribution in [0.1, 0.15) is 30.3 Å². The normalized spacial score (nSPS) is 19.3. The molecule has 0 saturated carbocycles. The third kappa shape index (κ3) is 2.33. The molecule has 6 nitrogen and oxygen atoms in total. The average molecular weight is 224 g/mol. The van der Waals surface area contributed by atoms with Crippen molar-refractivity contribution in [2.45, 2.75) is 25.3 Å². The molecule has 0 bridgehead atoms. The molecule has 0 aromatic carbocycles. The van der Waals surface area contributed by atoms with Crippen molar-refractivity contribution in [3.8, 4) is 0 Å². The lowest BCUT2D eigenvalue weighted by molar-refractivity contribution is 0.0421. The van der Waals surface area contributed by atoms with Crippen molar-refractivity contribution >= 4 is 11.7 Å². The Morgan fingerprint density at radius 1 is 1.62 bits per heavy atom. The van der Waals surface area contributed by atoms with Crippen molar-refractivity contribution in [3.05, 3.63) is 11.8 Å². The molecule has 1 aliphatic rings. The van der Waals surface area contributed by atoms with Crippen molar-refractivity contribution in [1.82, 2.24) is 15.5 Å². The number of nitrogens with zero attached hydrogens (tertiary/aromatic N) is 1. The highest BCUT2D eigenvalue weighted by atomic mass is 16.5. The Morgan fingerprint density at radius 2 is 2.31 bits per heavy atom. The molecule has 1 saturated heterocycles. The maximum absolute atomic E-state index is 11.9. The van der Waals surface area contributed by atoms with Crippen LogP contribution in [0.3, 0.4) is 0 Å². The highest BCUT2D eigenvalue weighted by molar-refractivity contribution is 5.93. The van der Waals surface area contributed by atoms with Gasteiger partial charge in [0.25, 0.3) is 5.91 Å². The van der Waals surface area contributed by atoms with Gasteiger partial charge in [-0.25, -0.2) is 0 Å². The van der Waals surface area contributed by atoms with Gasteiger partial charge in [0.2, 0.25) is 0 Å². The summed E-state index contributed by atoms with van der Waals surface area (Å²) in [5.41, 5.74) is 5.63. The molecule has 1 fully saturated rings. The monoisotopic (exact) mass is 224 g/mol. The Balaban J connectivity index is 2.01. The van der Waals surface area contributed by atoms with Gasteiger partial charge in [0.15, 0.2) is 0 Å². The molecule has 2 rings (SSSR count). The predicted molar refractivity (Wildman–Crippen MR) is 58.9 cm³/mol. The van der Waals surface area contributed by atoms with Crippen molar-refractivity contribution in [3.63, 3.8) is 0 Å². The molecule has 2 heterocycles. The molecular weight excluding hydrogens is 208 g/mol. The van der Waals surface area contributed by atoms with E-state index in [0.29, 0.717) is 24.7 Å². The largest absolute Gasteiger partial charge is 0.382 e. The molecular formula is C10H16N4O2. The third-order valence-corrected chi connectivity index (χ3v) is 2.85. The zero-order chi connectivity index (χ0) is 11.6. The summed E-state index contributed by atoms with van der Waals surface area (Å²) in [6.07, 6.45) is 1.64. The molecule has 0 radical (unpaired) electrons. The number of hydrogen-bond donors (Lipinski definition) is 3. The third-order valence-electron chi connectivity index (χ3n) is 2.85. The van der Waals surface area contributed by atoms with Crippen molar-refractivity contribution in [1.29, 1.82) is 0 Å². The van der Waals surface area contributed by atoms with Gasteiger partial charge in [-0.2, -0.15) is 5.10 Å². The fourth-order valence-corrected chi connectivity index (χ4v) is 1.74. The summed E-state index contributed by atoms with van der Waals surface area (Å²) in [6.45, 7) is 3.39. The van der Waals surface area contributed by atoms with E-state index in [2.05, 4.69) is 15.5 Å². The smallest absolute Gasteiger partial charge is 0.269 e. The number of nitrogen functional groups attached to an aromatic ring is 1. The van der Waals surface area contributed by atoms with Crippen LogP contribution in [-0.4, -0.2) is 34.9 Å². The van der Waals surface area contributed by atoms with Crippen LogP contribution in [0.2, 0.25) is 0 Å². The van der Waals surface area contributed by atoms with Crippen molar-refractivity contribution in [2.24, 2.45) is 0 Å². The number of nitrogens with two attached hydrogens (primary N) is 1. The lowest BCUT2D eigenvalue weighted by Gasteiger charge is -2.34. The molecule has 1 aromatic rings. The Hall–Kier alpha value is -1.56. The average Bonchev–Trinajstić information content (AvgIpc) is 2.65. The molecule has 4 N–H and O–H groups in total. The van der Waals surface area contributed by atoms with E-state index in [1.54, 1.807) is 0 Å². The number of carbonyl (C=O) groups is 1. The Morgan fingerprint density at radius 3 is 2.88 bits per heavy atom. The van der Waals surface area contributed by atoms with Crippen molar-refractivity contribution in [2.75, 3.05) is 18.9 Å². The minimum absolute atomic E-state index is 0.173. The van der Waals surface area contributed by atoms with Gasteiger partial charge in [-0.1, -0.05) is 0 Å². The van der Waals surface area contributed by atoms with Crippen molar-refractivity contribution < 1.29 is 9.53 Å². The number of H-pyrrole nitrogens is 1. The molecule has 1 aliphatic heterocycles. The number of carbonyl (C=O) groups excluding carboxylic acids is 1. The van der Waals surface area contributed by atoms with Gasteiger partial charge >= 0.3 is 0 Å². The van der Waals surface area contributed by atoms with Gasteiger partial charge in [-0.05, 0) is 19.8 Å². The van der Waals surface area contributed by atoms with Gasteiger partial charge in [0.1, 0.15) is 11.5 Å². The predicted octanol–water partition coefficient (Wildman–Crippen LogP) is 0.291. The van der Waals surface area contributed by atoms with Gasteiger partial charge in [0, 0.05) is 24.8 Å². The van der Waals surface area contributed by atoms with Crippen LogP contribution in [0, 0.1) is 0 Å². The summed E-state index contributed by atoms with van der Waals surface area (Å²) in [4.78, 5) is 11.9. The highest BCUT2D eigenvalue weighted by Crippen LogP contribution is 2.20. The Bertz CT molecular complexity index is 382. The lowest BCUT2D eigenvalue weighted by atomic mass is 9.92. The Kier molecular flexibility index (Phi) is 2.82. The summed E-state index contributed by atoms with van der Waals surface area (Å²) >= 11 is 0. The van der Waals surface area contributed by atoms with E-state index >= 15 is 0 Å². The number of ether oxygens (including phenoxy) is 1. The molecule has 0 atom stereocenters. The molecule has 6 heteroatoms.